The Morgan fingerprint density at radius 3 is 1.96 bits per heavy atom. The Morgan fingerprint density at radius 2 is 1.32 bits per heavy atom. The van der Waals surface area contributed by atoms with E-state index in [2.05, 4.69) is 10.6 Å². The molecule has 0 amide bonds. The van der Waals surface area contributed by atoms with Gasteiger partial charge in [-0.2, -0.15) is 10.5 Å². The van der Waals surface area contributed by atoms with Crippen LogP contribution in [0.5, 0.6) is 5.75 Å². The van der Waals surface area contributed by atoms with Gasteiger partial charge in [0.05, 0.1) is 5.69 Å². The van der Waals surface area contributed by atoms with Crippen LogP contribution in [0.25, 0.3) is 22.3 Å². The van der Waals surface area contributed by atoms with Crippen LogP contribution in [0.4, 0.5) is 11.4 Å². The Balaban J connectivity index is 2.23. The molecule has 25 heavy (non-hydrogen) atoms. The SMILES string of the molecule is N#CNc1ccc(-c2c(O)ccc(NC#N)c2-c2ccccc2)cc1. The minimum atomic E-state index is 0.114. The Morgan fingerprint density at radius 1 is 0.680 bits per heavy atom. The van der Waals surface area contributed by atoms with E-state index in [-0.39, 0.29) is 5.75 Å². The minimum absolute atomic E-state index is 0.114. The van der Waals surface area contributed by atoms with Gasteiger partial charge in [-0.05, 0) is 35.4 Å². The molecular weight excluding hydrogens is 312 g/mol. The number of phenolic OH excluding ortho intramolecular Hbond substituents is 1. The third-order valence-electron chi connectivity index (χ3n) is 3.81. The van der Waals surface area contributed by atoms with E-state index in [9.17, 15) is 5.11 Å². The number of nitriles is 2. The van der Waals surface area contributed by atoms with Gasteiger partial charge in [-0.15, -0.1) is 0 Å². The summed E-state index contributed by atoms with van der Waals surface area (Å²) in [5, 5.41) is 33.5. The summed E-state index contributed by atoms with van der Waals surface area (Å²) in [7, 11) is 0. The molecule has 0 bridgehead atoms. The zero-order valence-electron chi connectivity index (χ0n) is 13.2. The Labute approximate surface area is 145 Å². The maximum Gasteiger partial charge on any atom is 0.181 e. The molecule has 3 aromatic rings. The van der Waals surface area contributed by atoms with Crippen LogP contribution >= 0.6 is 0 Å². The van der Waals surface area contributed by atoms with Gasteiger partial charge >= 0.3 is 0 Å². The number of benzene rings is 3. The highest BCUT2D eigenvalue weighted by atomic mass is 16.3. The number of nitrogens with zero attached hydrogens (tertiary/aromatic N) is 2. The lowest BCUT2D eigenvalue weighted by Gasteiger charge is -2.16. The lowest BCUT2D eigenvalue weighted by atomic mass is 9.92. The van der Waals surface area contributed by atoms with Crippen LogP contribution < -0.4 is 10.6 Å². The number of aromatic hydroxyl groups is 1. The van der Waals surface area contributed by atoms with Crippen LogP contribution in [-0.2, 0) is 0 Å². The van der Waals surface area contributed by atoms with Crippen LogP contribution in [0.2, 0.25) is 0 Å². The summed E-state index contributed by atoms with van der Waals surface area (Å²) in [5.74, 6) is 0.114. The number of anilines is 2. The molecule has 0 heterocycles. The first kappa shape index (κ1) is 15.9. The normalized spacial score (nSPS) is 9.68. The Bertz CT molecular complexity index is 968. The van der Waals surface area contributed by atoms with E-state index in [0.29, 0.717) is 16.9 Å². The zero-order chi connectivity index (χ0) is 17.6. The van der Waals surface area contributed by atoms with E-state index in [4.69, 9.17) is 10.5 Å². The summed E-state index contributed by atoms with van der Waals surface area (Å²) in [6.07, 6.45) is 3.81. The van der Waals surface area contributed by atoms with Crippen LogP contribution in [-0.4, -0.2) is 5.11 Å². The molecule has 0 unspecified atom stereocenters. The summed E-state index contributed by atoms with van der Waals surface area (Å²) < 4.78 is 0. The van der Waals surface area contributed by atoms with Crippen molar-refractivity contribution < 1.29 is 5.11 Å². The molecule has 3 N–H and O–H groups in total. The van der Waals surface area contributed by atoms with Crippen molar-refractivity contribution in [2.75, 3.05) is 10.6 Å². The molecule has 0 aliphatic heterocycles. The maximum atomic E-state index is 10.5. The lowest BCUT2D eigenvalue weighted by molar-refractivity contribution is 0.477. The molecule has 0 radical (unpaired) electrons. The van der Waals surface area contributed by atoms with Gasteiger partial charge in [0, 0.05) is 16.8 Å². The van der Waals surface area contributed by atoms with E-state index in [1.807, 2.05) is 54.9 Å². The molecule has 3 aromatic carbocycles. The molecule has 0 aliphatic carbocycles. The van der Waals surface area contributed by atoms with Gasteiger partial charge < -0.3 is 5.11 Å². The molecule has 0 aromatic heterocycles. The first-order valence-corrected chi connectivity index (χ1v) is 7.56. The van der Waals surface area contributed by atoms with Crippen molar-refractivity contribution in [1.82, 2.24) is 0 Å². The van der Waals surface area contributed by atoms with Crippen molar-refractivity contribution >= 4 is 11.4 Å². The third-order valence-corrected chi connectivity index (χ3v) is 3.81. The van der Waals surface area contributed by atoms with Crippen molar-refractivity contribution in [1.29, 1.82) is 10.5 Å². The van der Waals surface area contributed by atoms with Gasteiger partial charge in [0.15, 0.2) is 12.4 Å². The van der Waals surface area contributed by atoms with E-state index in [1.54, 1.807) is 24.3 Å². The molecule has 0 saturated carbocycles. The molecule has 0 aliphatic rings. The van der Waals surface area contributed by atoms with Crippen LogP contribution in [0.3, 0.4) is 0 Å². The second kappa shape index (κ2) is 7.08. The summed E-state index contributed by atoms with van der Waals surface area (Å²) >= 11 is 0. The number of rotatable bonds is 4. The fourth-order valence-corrected chi connectivity index (χ4v) is 2.74. The minimum Gasteiger partial charge on any atom is -0.507 e. The van der Waals surface area contributed by atoms with E-state index in [0.717, 1.165) is 16.7 Å². The smallest absolute Gasteiger partial charge is 0.181 e. The second-order valence-electron chi connectivity index (χ2n) is 5.30. The van der Waals surface area contributed by atoms with Gasteiger partial charge in [-0.1, -0.05) is 42.5 Å². The van der Waals surface area contributed by atoms with Crippen molar-refractivity contribution in [3.05, 3.63) is 66.7 Å². The number of nitrogens with one attached hydrogen (secondary N) is 2. The Hall–Kier alpha value is -3.96. The highest BCUT2D eigenvalue weighted by molar-refractivity contribution is 5.95. The highest BCUT2D eigenvalue weighted by Crippen LogP contribution is 2.43. The van der Waals surface area contributed by atoms with Gasteiger partial charge in [-0.3, -0.25) is 10.6 Å². The van der Waals surface area contributed by atoms with Crippen molar-refractivity contribution in [3.63, 3.8) is 0 Å². The average Bonchev–Trinajstić information content (AvgIpc) is 2.65. The fraction of sp³-hybridized carbons (Fsp3) is 0. The number of hydrogen-bond donors (Lipinski definition) is 3. The van der Waals surface area contributed by atoms with Crippen molar-refractivity contribution in [2.45, 2.75) is 0 Å². The zero-order valence-corrected chi connectivity index (χ0v) is 13.2. The topological polar surface area (TPSA) is 91.9 Å². The quantitative estimate of drug-likeness (QED) is 0.373. The lowest BCUT2D eigenvalue weighted by Crippen LogP contribution is -1.95. The molecule has 0 spiro atoms. The fourth-order valence-electron chi connectivity index (χ4n) is 2.74. The monoisotopic (exact) mass is 326 g/mol. The molecule has 3 rings (SSSR count). The third kappa shape index (κ3) is 3.21. The van der Waals surface area contributed by atoms with Gasteiger partial charge in [0.2, 0.25) is 0 Å². The van der Waals surface area contributed by atoms with Crippen LogP contribution in [0.1, 0.15) is 0 Å². The average molecular weight is 326 g/mol. The first-order valence-electron chi connectivity index (χ1n) is 7.56. The van der Waals surface area contributed by atoms with Crippen LogP contribution in [0, 0.1) is 22.9 Å². The van der Waals surface area contributed by atoms with Crippen molar-refractivity contribution in [3.8, 4) is 40.4 Å². The summed E-state index contributed by atoms with van der Waals surface area (Å²) in [6, 6.07) is 19.9. The Kier molecular flexibility index (Phi) is 4.51. The molecule has 0 atom stereocenters. The van der Waals surface area contributed by atoms with Crippen molar-refractivity contribution in [2.24, 2.45) is 0 Å². The molecule has 0 saturated heterocycles. The summed E-state index contributed by atoms with van der Waals surface area (Å²) in [4.78, 5) is 0. The second-order valence-corrected chi connectivity index (χ2v) is 5.30. The van der Waals surface area contributed by atoms with Gasteiger partial charge in [0.25, 0.3) is 0 Å². The highest BCUT2D eigenvalue weighted by Gasteiger charge is 2.16. The summed E-state index contributed by atoms with van der Waals surface area (Å²) in [6.45, 7) is 0. The molecule has 0 fully saturated rings. The molecule has 120 valence electrons. The predicted octanol–water partition coefficient (Wildman–Crippen LogP) is 4.51. The molecular formula is C20H14N4O. The van der Waals surface area contributed by atoms with E-state index in [1.165, 1.54) is 0 Å². The van der Waals surface area contributed by atoms with Gasteiger partial charge in [0.1, 0.15) is 5.75 Å². The van der Waals surface area contributed by atoms with E-state index < -0.39 is 0 Å². The molecule has 5 heteroatoms. The standard InChI is InChI=1S/C20H14N4O/c21-12-23-16-8-6-15(7-9-16)20-18(25)11-10-17(24-13-22)19(20)14-4-2-1-3-5-14/h1-11,23-25H. The largest absolute Gasteiger partial charge is 0.507 e. The predicted molar refractivity (Wildman–Crippen MR) is 97.5 cm³/mol. The number of hydrogen-bond acceptors (Lipinski definition) is 5. The summed E-state index contributed by atoms with van der Waals surface area (Å²) in [5.41, 5.74) is 4.30. The van der Waals surface area contributed by atoms with Crippen LogP contribution in [0.15, 0.2) is 66.7 Å². The van der Waals surface area contributed by atoms with E-state index >= 15 is 0 Å². The maximum absolute atomic E-state index is 10.5. The first-order chi connectivity index (χ1) is 12.2. The number of phenols is 1. The van der Waals surface area contributed by atoms with Gasteiger partial charge in [-0.25, -0.2) is 0 Å². The molecule has 5 nitrogen and oxygen atoms in total.